The summed E-state index contributed by atoms with van der Waals surface area (Å²) in [6.45, 7) is 6.30. The Balaban J connectivity index is 2.09. The maximum absolute atomic E-state index is 11.2. The van der Waals surface area contributed by atoms with Crippen LogP contribution in [0.3, 0.4) is 0 Å². The van der Waals surface area contributed by atoms with Crippen molar-refractivity contribution in [3.8, 4) is 0 Å². The van der Waals surface area contributed by atoms with Crippen molar-refractivity contribution in [1.82, 2.24) is 0 Å². The highest BCUT2D eigenvalue weighted by Gasteiger charge is 2.41. The molecule has 0 aromatic heterocycles. The van der Waals surface area contributed by atoms with Crippen LogP contribution in [0.1, 0.15) is 26.2 Å². The topological polar surface area (TPSA) is 26.3 Å². The lowest BCUT2D eigenvalue weighted by molar-refractivity contribution is -0.145. The second-order valence-corrected chi connectivity index (χ2v) is 3.26. The van der Waals surface area contributed by atoms with Crippen LogP contribution in [0.2, 0.25) is 0 Å². The summed E-state index contributed by atoms with van der Waals surface area (Å²) in [6, 6.07) is 0. The maximum atomic E-state index is 11.2. The number of esters is 1. The molecule has 0 amide bonds. The molecule has 0 bridgehead atoms. The number of hydrogen-bond acceptors (Lipinski definition) is 2. The zero-order valence-corrected chi connectivity index (χ0v) is 7.58. The first kappa shape index (κ1) is 9.30. The van der Waals surface area contributed by atoms with Crippen LogP contribution in [0.25, 0.3) is 0 Å². The minimum atomic E-state index is -0.0339. The normalized spacial score (nSPS) is 26.4. The van der Waals surface area contributed by atoms with Gasteiger partial charge in [0.05, 0.1) is 12.5 Å². The number of allylic oxidation sites excluding steroid dienone is 1. The standard InChI is InChI=1S/C10H16O2/c1-3-5-6-12-10(11)9-7-8(9)4-2/h4,8-9H,2-3,5-7H2,1H3. The van der Waals surface area contributed by atoms with Crippen molar-refractivity contribution in [1.29, 1.82) is 0 Å². The number of rotatable bonds is 5. The molecule has 2 unspecified atom stereocenters. The van der Waals surface area contributed by atoms with Gasteiger partial charge in [0.25, 0.3) is 0 Å². The van der Waals surface area contributed by atoms with E-state index in [2.05, 4.69) is 13.5 Å². The molecule has 0 spiro atoms. The predicted octanol–water partition coefficient (Wildman–Crippen LogP) is 2.15. The van der Waals surface area contributed by atoms with Gasteiger partial charge in [0.2, 0.25) is 0 Å². The summed E-state index contributed by atoms with van der Waals surface area (Å²) in [5.41, 5.74) is 0. The van der Waals surface area contributed by atoms with E-state index in [1.54, 1.807) is 0 Å². The lowest BCUT2D eigenvalue weighted by atomic mass is 10.3. The Bertz CT molecular complexity index is 175. The molecule has 2 atom stereocenters. The number of carbonyl (C=O) groups is 1. The van der Waals surface area contributed by atoms with Gasteiger partial charge in [-0.3, -0.25) is 4.79 Å². The van der Waals surface area contributed by atoms with Gasteiger partial charge in [-0.05, 0) is 18.8 Å². The zero-order valence-electron chi connectivity index (χ0n) is 7.58. The molecule has 2 nitrogen and oxygen atoms in total. The van der Waals surface area contributed by atoms with Crippen LogP contribution in [0.15, 0.2) is 12.7 Å². The third-order valence-corrected chi connectivity index (χ3v) is 2.19. The van der Waals surface area contributed by atoms with Crippen LogP contribution in [0.4, 0.5) is 0 Å². The Morgan fingerprint density at radius 1 is 1.75 bits per heavy atom. The molecule has 12 heavy (non-hydrogen) atoms. The lowest BCUT2D eigenvalue weighted by Gasteiger charge is -2.01. The molecule has 1 rings (SSSR count). The summed E-state index contributed by atoms with van der Waals surface area (Å²) in [7, 11) is 0. The molecular formula is C10H16O2. The van der Waals surface area contributed by atoms with Gasteiger partial charge < -0.3 is 4.74 Å². The van der Waals surface area contributed by atoms with Crippen LogP contribution in [0.5, 0.6) is 0 Å². The fraction of sp³-hybridized carbons (Fsp3) is 0.700. The van der Waals surface area contributed by atoms with Crippen LogP contribution in [0, 0.1) is 11.8 Å². The highest BCUT2D eigenvalue weighted by molar-refractivity contribution is 5.76. The fourth-order valence-corrected chi connectivity index (χ4v) is 1.17. The Kier molecular flexibility index (Phi) is 3.32. The van der Waals surface area contributed by atoms with E-state index in [-0.39, 0.29) is 11.9 Å². The van der Waals surface area contributed by atoms with E-state index in [9.17, 15) is 4.79 Å². The van der Waals surface area contributed by atoms with Gasteiger partial charge in [0.15, 0.2) is 0 Å². The average Bonchev–Trinajstić information content (AvgIpc) is 2.83. The molecule has 1 aliphatic rings. The van der Waals surface area contributed by atoms with E-state index >= 15 is 0 Å². The number of carbonyl (C=O) groups excluding carboxylic acids is 1. The van der Waals surface area contributed by atoms with Crippen molar-refractivity contribution < 1.29 is 9.53 Å². The second-order valence-electron chi connectivity index (χ2n) is 3.26. The fourth-order valence-electron chi connectivity index (χ4n) is 1.17. The molecule has 1 aliphatic carbocycles. The Labute approximate surface area is 73.6 Å². The monoisotopic (exact) mass is 168 g/mol. The van der Waals surface area contributed by atoms with Crippen molar-refractivity contribution in [3.05, 3.63) is 12.7 Å². The van der Waals surface area contributed by atoms with Gasteiger partial charge in [-0.2, -0.15) is 0 Å². The molecule has 0 aromatic carbocycles. The predicted molar refractivity (Wildman–Crippen MR) is 47.7 cm³/mol. The van der Waals surface area contributed by atoms with E-state index in [4.69, 9.17) is 4.74 Å². The van der Waals surface area contributed by atoms with Crippen LogP contribution in [-0.4, -0.2) is 12.6 Å². The SMILES string of the molecule is C=CC1CC1C(=O)OCCCC. The minimum Gasteiger partial charge on any atom is -0.465 e. The van der Waals surface area contributed by atoms with E-state index in [1.165, 1.54) is 0 Å². The third kappa shape index (κ3) is 2.36. The highest BCUT2D eigenvalue weighted by atomic mass is 16.5. The first-order chi connectivity index (χ1) is 5.79. The molecule has 68 valence electrons. The number of hydrogen-bond donors (Lipinski definition) is 0. The van der Waals surface area contributed by atoms with Gasteiger partial charge in [0, 0.05) is 0 Å². The van der Waals surface area contributed by atoms with E-state index in [1.807, 2.05) is 6.08 Å². The molecule has 0 aliphatic heterocycles. The Morgan fingerprint density at radius 2 is 2.50 bits per heavy atom. The van der Waals surface area contributed by atoms with Crippen molar-refractivity contribution >= 4 is 5.97 Å². The highest BCUT2D eigenvalue weighted by Crippen LogP contribution is 2.40. The van der Waals surface area contributed by atoms with E-state index < -0.39 is 0 Å². The number of unbranched alkanes of at least 4 members (excludes halogenated alkanes) is 1. The molecule has 0 radical (unpaired) electrons. The lowest BCUT2D eigenvalue weighted by Crippen LogP contribution is -2.08. The summed E-state index contributed by atoms with van der Waals surface area (Å²) in [5.74, 6) is 0.479. The third-order valence-electron chi connectivity index (χ3n) is 2.19. The van der Waals surface area contributed by atoms with E-state index in [0.717, 1.165) is 19.3 Å². The Morgan fingerprint density at radius 3 is 3.00 bits per heavy atom. The minimum absolute atomic E-state index is 0.0339. The zero-order chi connectivity index (χ0) is 8.97. The van der Waals surface area contributed by atoms with Gasteiger partial charge >= 0.3 is 5.97 Å². The first-order valence-corrected chi connectivity index (χ1v) is 4.58. The van der Waals surface area contributed by atoms with Crippen LogP contribution < -0.4 is 0 Å². The average molecular weight is 168 g/mol. The first-order valence-electron chi connectivity index (χ1n) is 4.58. The molecular weight excluding hydrogens is 152 g/mol. The van der Waals surface area contributed by atoms with Gasteiger partial charge in [-0.15, -0.1) is 6.58 Å². The summed E-state index contributed by atoms with van der Waals surface area (Å²) < 4.78 is 5.05. The second kappa shape index (κ2) is 4.29. The van der Waals surface area contributed by atoms with Crippen LogP contribution >= 0.6 is 0 Å². The molecule has 0 N–H and O–H groups in total. The van der Waals surface area contributed by atoms with Crippen molar-refractivity contribution in [2.75, 3.05) is 6.61 Å². The summed E-state index contributed by atoms with van der Waals surface area (Å²) in [5, 5.41) is 0. The molecule has 1 saturated carbocycles. The van der Waals surface area contributed by atoms with Gasteiger partial charge in [-0.1, -0.05) is 19.4 Å². The summed E-state index contributed by atoms with van der Waals surface area (Å²) in [6.07, 6.45) is 4.82. The molecule has 0 aromatic rings. The summed E-state index contributed by atoms with van der Waals surface area (Å²) in [4.78, 5) is 11.2. The van der Waals surface area contributed by atoms with E-state index in [0.29, 0.717) is 12.5 Å². The van der Waals surface area contributed by atoms with Crippen molar-refractivity contribution in [2.24, 2.45) is 11.8 Å². The largest absolute Gasteiger partial charge is 0.465 e. The molecule has 1 fully saturated rings. The van der Waals surface area contributed by atoms with Gasteiger partial charge in [0.1, 0.15) is 0 Å². The Hall–Kier alpha value is -0.790. The van der Waals surface area contributed by atoms with Crippen molar-refractivity contribution in [2.45, 2.75) is 26.2 Å². The van der Waals surface area contributed by atoms with Crippen molar-refractivity contribution in [3.63, 3.8) is 0 Å². The molecule has 0 saturated heterocycles. The molecule has 2 heteroatoms. The summed E-state index contributed by atoms with van der Waals surface area (Å²) >= 11 is 0. The smallest absolute Gasteiger partial charge is 0.309 e. The number of ether oxygens (including phenoxy) is 1. The van der Waals surface area contributed by atoms with Crippen LogP contribution in [-0.2, 0) is 9.53 Å². The maximum Gasteiger partial charge on any atom is 0.309 e. The quantitative estimate of drug-likeness (QED) is 0.357. The van der Waals surface area contributed by atoms with Gasteiger partial charge in [-0.25, -0.2) is 0 Å². The molecule has 0 heterocycles.